The highest BCUT2D eigenvalue weighted by Gasteiger charge is 2.37. The standard InChI is InChI=1S/C24H19ClN2O3S/c1-15-5-4-6-16(11-15)13-31-14-22(28)26-17-9-10-21(20(25)12-17)27-23(29)18-7-2-3-8-19(18)24(27)30/h2-12H,13-14H2,1H3,(H,26,28). The zero-order valence-corrected chi connectivity index (χ0v) is 18.3. The summed E-state index contributed by atoms with van der Waals surface area (Å²) in [7, 11) is 0. The van der Waals surface area contributed by atoms with Crippen LogP contribution in [0.15, 0.2) is 66.7 Å². The number of fused-ring (bicyclic) bond motifs is 1. The van der Waals surface area contributed by atoms with Crippen LogP contribution in [0.3, 0.4) is 0 Å². The summed E-state index contributed by atoms with van der Waals surface area (Å²) >= 11 is 7.88. The van der Waals surface area contributed by atoms with Crippen molar-refractivity contribution in [2.75, 3.05) is 16.0 Å². The van der Waals surface area contributed by atoms with Gasteiger partial charge in [-0.15, -0.1) is 11.8 Å². The molecule has 1 heterocycles. The summed E-state index contributed by atoms with van der Waals surface area (Å²) in [6.07, 6.45) is 0. The fourth-order valence-electron chi connectivity index (χ4n) is 3.43. The molecule has 3 aromatic rings. The maximum Gasteiger partial charge on any atom is 0.266 e. The van der Waals surface area contributed by atoms with Crippen molar-refractivity contribution in [2.45, 2.75) is 12.7 Å². The van der Waals surface area contributed by atoms with Crippen LogP contribution in [0.1, 0.15) is 31.8 Å². The molecule has 1 aliphatic rings. The van der Waals surface area contributed by atoms with Gasteiger partial charge in [-0.1, -0.05) is 53.6 Å². The molecule has 31 heavy (non-hydrogen) atoms. The van der Waals surface area contributed by atoms with E-state index in [2.05, 4.69) is 11.4 Å². The van der Waals surface area contributed by atoms with Gasteiger partial charge in [0.25, 0.3) is 11.8 Å². The molecule has 0 saturated heterocycles. The van der Waals surface area contributed by atoms with Crippen LogP contribution >= 0.6 is 23.4 Å². The summed E-state index contributed by atoms with van der Waals surface area (Å²) in [6.45, 7) is 2.04. The summed E-state index contributed by atoms with van der Waals surface area (Å²) < 4.78 is 0. The third-order valence-corrected chi connectivity index (χ3v) is 6.16. The third-order valence-electron chi connectivity index (χ3n) is 4.85. The van der Waals surface area contributed by atoms with E-state index in [1.54, 1.807) is 42.5 Å². The highest BCUT2D eigenvalue weighted by molar-refractivity contribution is 7.99. The number of aryl methyl sites for hydroxylation is 1. The van der Waals surface area contributed by atoms with Crippen molar-refractivity contribution in [3.8, 4) is 0 Å². The molecular weight excluding hydrogens is 432 g/mol. The van der Waals surface area contributed by atoms with E-state index in [0.29, 0.717) is 28.3 Å². The maximum absolute atomic E-state index is 12.7. The first kappa shape index (κ1) is 21.2. The molecule has 0 aliphatic carbocycles. The minimum atomic E-state index is -0.410. The van der Waals surface area contributed by atoms with E-state index in [1.807, 2.05) is 25.1 Å². The molecule has 0 unspecified atom stereocenters. The van der Waals surface area contributed by atoms with Gasteiger partial charge >= 0.3 is 0 Å². The van der Waals surface area contributed by atoms with Crippen molar-refractivity contribution in [1.29, 1.82) is 0 Å². The maximum atomic E-state index is 12.7. The Morgan fingerprint density at radius 3 is 2.32 bits per heavy atom. The number of rotatable bonds is 6. The van der Waals surface area contributed by atoms with Gasteiger partial charge in [0, 0.05) is 11.4 Å². The predicted molar refractivity (Wildman–Crippen MR) is 125 cm³/mol. The molecular formula is C24H19ClN2O3S. The van der Waals surface area contributed by atoms with Crippen LogP contribution in [0.2, 0.25) is 5.02 Å². The Bertz CT molecular complexity index is 1160. The monoisotopic (exact) mass is 450 g/mol. The second kappa shape index (κ2) is 8.96. The molecule has 0 atom stereocenters. The van der Waals surface area contributed by atoms with E-state index >= 15 is 0 Å². The molecule has 0 bridgehead atoms. The number of hydrogen-bond acceptors (Lipinski definition) is 4. The van der Waals surface area contributed by atoms with E-state index in [4.69, 9.17) is 11.6 Å². The van der Waals surface area contributed by atoms with Gasteiger partial charge in [-0.05, 0) is 42.8 Å². The second-order valence-electron chi connectivity index (χ2n) is 7.19. The Kier molecular flexibility index (Phi) is 6.11. The van der Waals surface area contributed by atoms with E-state index in [1.165, 1.54) is 22.9 Å². The lowest BCUT2D eigenvalue weighted by Gasteiger charge is -2.16. The number of carbonyl (C=O) groups is 3. The third kappa shape index (κ3) is 4.50. The summed E-state index contributed by atoms with van der Waals surface area (Å²) in [6, 6.07) is 19.6. The molecule has 0 spiro atoms. The van der Waals surface area contributed by atoms with Crippen LogP contribution < -0.4 is 10.2 Å². The lowest BCUT2D eigenvalue weighted by atomic mass is 10.1. The molecule has 7 heteroatoms. The number of halogens is 1. The Morgan fingerprint density at radius 2 is 1.68 bits per heavy atom. The molecule has 5 nitrogen and oxygen atoms in total. The highest BCUT2D eigenvalue weighted by atomic mass is 35.5. The Hall–Kier alpha value is -3.09. The number of hydrogen-bond donors (Lipinski definition) is 1. The molecule has 156 valence electrons. The predicted octanol–water partition coefficient (Wildman–Crippen LogP) is 5.32. The quantitative estimate of drug-likeness (QED) is 0.516. The fraction of sp³-hybridized carbons (Fsp3) is 0.125. The minimum absolute atomic E-state index is 0.151. The van der Waals surface area contributed by atoms with Gasteiger partial charge in [-0.25, -0.2) is 4.90 Å². The summed E-state index contributed by atoms with van der Waals surface area (Å²) in [4.78, 5) is 38.7. The number of benzene rings is 3. The molecule has 3 amide bonds. The van der Waals surface area contributed by atoms with Crippen molar-refractivity contribution in [3.63, 3.8) is 0 Å². The van der Waals surface area contributed by atoms with Gasteiger partial charge in [0.15, 0.2) is 0 Å². The lowest BCUT2D eigenvalue weighted by Crippen LogP contribution is -2.29. The first-order valence-electron chi connectivity index (χ1n) is 9.64. The van der Waals surface area contributed by atoms with Crippen LogP contribution in [0, 0.1) is 6.92 Å². The zero-order valence-electron chi connectivity index (χ0n) is 16.7. The number of anilines is 2. The minimum Gasteiger partial charge on any atom is -0.325 e. The van der Waals surface area contributed by atoms with E-state index < -0.39 is 11.8 Å². The molecule has 4 rings (SSSR count). The number of nitrogens with one attached hydrogen (secondary N) is 1. The summed E-state index contributed by atoms with van der Waals surface area (Å²) in [5.74, 6) is 0.0705. The SMILES string of the molecule is Cc1cccc(CSCC(=O)Nc2ccc(N3C(=O)c4ccccc4C3=O)c(Cl)c2)c1. The molecule has 1 N–H and O–H groups in total. The normalized spacial score (nSPS) is 12.8. The average Bonchev–Trinajstić information content (AvgIpc) is 2.99. The van der Waals surface area contributed by atoms with Crippen molar-refractivity contribution in [1.82, 2.24) is 0 Å². The van der Waals surface area contributed by atoms with Gasteiger partial charge in [0.05, 0.1) is 27.6 Å². The molecule has 3 aromatic carbocycles. The lowest BCUT2D eigenvalue weighted by molar-refractivity contribution is -0.113. The molecule has 1 aliphatic heterocycles. The van der Waals surface area contributed by atoms with Gasteiger partial charge in [0.2, 0.25) is 5.91 Å². The summed E-state index contributed by atoms with van der Waals surface area (Å²) in [5.41, 5.74) is 3.87. The van der Waals surface area contributed by atoms with Gasteiger partial charge < -0.3 is 5.32 Å². The Balaban J connectivity index is 1.39. The largest absolute Gasteiger partial charge is 0.325 e. The Morgan fingerprint density at radius 1 is 0.968 bits per heavy atom. The smallest absolute Gasteiger partial charge is 0.266 e. The summed E-state index contributed by atoms with van der Waals surface area (Å²) in [5, 5.41) is 3.01. The van der Waals surface area contributed by atoms with Crippen LogP contribution in [0.4, 0.5) is 11.4 Å². The zero-order chi connectivity index (χ0) is 22.0. The van der Waals surface area contributed by atoms with Gasteiger partial charge in [-0.2, -0.15) is 0 Å². The number of amides is 3. The first-order valence-corrected chi connectivity index (χ1v) is 11.2. The number of nitrogens with zero attached hydrogens (tertiary/aromatic N) is 1. The van der Waals surface area contributed by atoms with E-state index in [0.717, 1.165) is 10.7 Å². The second-order valence-corrected chi connectivity index (χ2v) is 8.58. The number of thioether (sulfide) groups is 1. The first-order chi connectivity index (χ1) is 14.9. The number of carbonyl (C=O) groups excluding carboxylic acids is 3. The molecule has 0 aromatic heterocycles. The van der Waals surface area contributed by atoms with Gasteiger partial charge in [-0.3, -0.25) is 14.4 Å². The van der Waals surface area contributed by atoms with Crippen molar-refractivity contribution in [3.05, 3.63) is 94.0 Å². The van der Waals surface area contributed by atoms with Crippen LogP contribution in [0.5, 0.6) is 0 Å². The number of imide groups is 1. The highest BCUT2D eigenvalue weighted by Crippen LogP contribution is 2.34. The molecule has 0 fully saturated rings. The van der Waals surface area contributed by atoms with Crippen LogP contribution in [-0.2, 0) is 10.5 Å². The average molecular weight is 451 g/mol. The topological polar surface area (TPSA) is 66.5 Å². The Labute approximate surface area is 189 Å². The van der Waals surface area contributed by atoms with Crippen molar-refractivity contribution in [2.24, 2.45) is 0 Å². The van der Waals surface area contributed by atoms with E-state index in [-0.39, 0.29) is 10.9 Å². The fourth-order valence-corrected chi connectivity index (χ4v) is 4.47. The van der Waals surface area contributed by atoms with Crippen LogP contribution in [0.25, 0.3) is 0 Å². The molecule has 0 saturated carbocycles. The van der Waals surface area contributed by atoms with Gasteiger partial charge in [0.1, 0.15) is 0 Å². The van der Waals surface area contributed by atoms with Crippen molar-refractivity contribution < 1.29 is 14.4 Å². The van der Waals surface area contributed by atoms with Crippen molar-refractivity contribution >= 4 is 52.5 Å². The molecule has 0 radical (unpaired) electrons. The van der Waals surface area contributed by atoms with Crippen LogP contribution in [-0.4, -0.2) is 23.5 Å². The van der Waals surface area contributed by atoms with E-state index in [9.17, 15) is 14.4 Å².